The van der Waals surface area contributed by atoms with E-state index >= 15 is 0 Å². The van der Waals surface area contributed by atoms with E-state index in [1.807, 2.05) is 37.3 Å². The Hall–Kier alpha value is -3.68. The number of pyridine rings is 1. The highest BCUT2D eigenvalue weighted by Crippen LogP contribution is 2.23. The van der Waals surface area contributed by atoms with Crippen LogP contribution in [0.2, 0.25) is 0 Å². The van der Waals surface area contributed by atoms with Crippen molar-refractivity contribution in [2.45, 2.75) is 13.0 Å². The Bertz CT molecular complexity index is 1310. The van der Waals surface area contributed by atoms with Crippen LogP contribution in [0.5, 0.6) is 0 Å². The number of carbonyl (C=O) groups excluding carboxylic acids is 1. The van der Waals surface area contributed by atoms with Crippen molar-refractivity contribution in [2.75, 3.05) is 0 Å². The van der Waals surface area contributed by atoms with E-state index in [1.54, 1.807) is 0 Å². The zero-order valence-corrected chi connectivity index (χ0v) is 15.6. The molecule has 0 unspecified atom stereocenters. The quantitative estimate of drug-likeness (QED) is 0.587. The maximum Gasteiger partial charge on any atom is 0.332 e. The molecule has 3 heterocycles. The van der Waals surface area contributed by atoms with Crippen LogP contribution in [0, 0.1) is 0 Å². The number of nitrogens with zero attached hydrogens (tertiary/aromatic N) is 3. The molecule has 0 saturated heterocycles. The first-order chi connectivity index (χ1) is 13.4. The smallest absolute Gasteiger partial charge is 0.332 e. The van der Waals surface area contributed by atoms with Crippen LogP contribution in [0.25, 0.3) is 22.0 Å². The SMILES string of the molecule is C[C@H](NC(=O)c1cnc2c(c1)c(=O)n(C)c(=O)n2C)c1cc2ccccc2o1. The lowest BCUT2D eigenvalue weighted by Crippen LogP contribution is -2.37. The number of hydrogen-bond acceptors (Lipinski definition) is 5. The number of amides is 1. The maximum absolute atomic E-state index is 12.7. The summed E-state index contributed by atoms with van der Waals surface area (Å²) in [5.74, 6) is 0.236. The third kappa shape index (κ3) is 2.79. The van der Waals surface area contributed by atoms with Gasteiger partial charge in [-0.3, -0.25) is 18.7 Å². The Kier molecular flexibility index (Phi) is 4.11. The first-order valence-corrected chi connectivity index (χ1v) is 8.72. The van der Waals surface area contributed by atoms with Crippen LogP contribution in [-0.4, -0.2) is 20.0 Å². The molecule has 4 rings (SSSR count). The molecule has 1 atom stereocenters. The second-order valence-electron chi connectivity index (χ2n) is 6.68. The van der Waals surface area contributed by atoms with Gasteiger partial charge >= 0.3 is 5.69 Å². The van der Waals surface area contributed by atoms with Crippen LogP contribution in [0.1, 0.15) is 29.1 Å². The third-order valence-electron chi connectivity index (χ3n) is 4.77. The van der Waals surface area contributed by atoms with Crippen molar-refractivity contribution in [1.29, 1.82) is 0 Å². The fourth-order valence-corrected chi connectivity index (χ4v) is 3.16. The highest BCUT2D eigenvalue weighted by Gasteiger charge is 2.17. The second-order valence-corrected chi connectivity index (χ2v) is 6.68. The Balaban J connectivity index is 1.67. The van der Waals surface area contributed by atoms with Crippen molar-refractivity contribution in [3.63, 3.8) is 0 Å². The van der Waals surface area contributed by atoms with E-state index < -0.39 is 17.2 Å². The minimum atomic E-state index is -0.495. The number of carbonyl (C=O) groups is 1. The first-order valence-electron chi connectivity index (χ1n) is 8.72. The van der Waals surface area contributed by atoms with E-state index in [9.17, 15) is 14.4 Å². The number of para-hydroxylation sites is 1. The lowest BCUT2D eigenvalue weighted by atomic mass is 10.2. The van der Waals surface area contributed by atoms with Gasteiger partial charge < -0.3 is 9.73 Å². The largest absolute Gasteiger partial charge is 0.459 e. The molecule has 0 bridgehead atoms. The van der Waals surface area contributed by atoms with Crippen LogP contribution in [0.15, 0.2) is 56.6 Å². The normalized spacial score (nSPS) is 12.4. The minimum Gasteiger partial charge on any atom is -0.459 e. The number of rotatable bonds is 3. The molecule has 0 saturated carbocycles. The Morgan fingerprint density at radius 3 is 2.64 bits per heavy atom. The molecule has 0 aliphatic heterocycles. The number of aryl methyl sites for hydroxylation is 1. The molecule has 8 nitrogen and oxygen atoms in total. The van der Waals surface area contributed by atoms with Crippen LogP contribution in [0.3, 0.4) is 0 Å². The Morgan fingerprint density at radius 1 is 1.14 bits per heavy atom. The van der Waals surface area contributed by atoms with Gasteiger partial charge in [-0.25, -0.2) is 9.78 Å². The molecule has 0 radical (unpaired) electrons. The van der Waals surface area contributed by atoms with Crippen LogP contribution >= 0.6 is 0 Å². The summed E-state index contributed by atoms with van der Waals surface area (Å²) in [5, 5.41) is 4.00. The molecule has 0 spiro atoms. The first kappa shape index (κ1) is 17.7. The van der Waals surface area contributed by atoms with Crippen molar-refractivity contribution in [1.82, 2.24) is 19.4 Å². The lowest BCUT2D eigenvalue weighted by Gasteiger charge is -2.12. The van der Waals surface area contributed by atoms with Crippen LogP contribution in [0.4, 0.5) is 0 Å². The number of fused-ring (bicyclic) bond motifs is 2. The average Bonchev–Trinajstić information content (AvgIpc) is 3.14. The Labute approximate surface area is 159 Å². The fourth-order valence-electron chi connectivity index (χ4n) is 3.16. The molecule has 1 amide bonds. The number of benzene rings is 1. The van der Waals surface area contributed by atoms with Gasteiger partial charge in [-0.1, -0.05) is 18.2 Å². The number of hydrogen-bond donors (Lipinski definition) is 1. The van der Waals surface area contributed by atoms with Gasteiger partial charge in [-0.15, -0.1) is 0 Å². The van der Waals surface area contributed by atoms with E-state index in [0.29, 0.717) is 5.76 Å². The summed E-state index contributed by atoms with van der Waals surface area (Å²) in [4.78, 5) is 41.2. The topological polar surface area (TPSA) is 99.1 Å². The van der Waals surface area contributed by atoms with Crippen LogP contribution in [-0.2, 0) is 14.1 Å². The third-order valence-corrected chi connectivity index (χ3v) is 4.77. The van der Waals surface area contributed by atoms with Gasteiger partial charge in [0, 0.05) is 25.7 Å². The molecule has 0 fully saturated rings. The number of furan rings is 1. The highest BCUT2D eigenvalue weighted by molar-refractivity contribution is 5.97. The monoisotopic (exact) mass is 378 g/mol. The summed E-state index contributed by atoms with van der Waals surface area (Å²) >= 11 is 0. The zero-order chi connectivity index (χ0) is 20.0. The van der Waals surface area contributed by atoms with E-state index in [4.69, 9.17) is 4.42 Å². The lowest BCUT2D eigenvalue weighted by molar-refractivity contribution is 0.0935. The van der Waals surface area contributed by atoms with Crippen molar-refractivity contribution in [3.8, 4) is 0 Å². The van der Waals surface area contributed by atoms with Gasteiger partial charge in [0.05, 0.1) is 17.0 Å². The molecule has 4 aromatic rings. The minimum absolute atomic E-state index is 0.202. The summed E-state index contributed by atoms with van der Waals surface area (Å²) < 4.78 is 8.04. The second kappa shape index (κ2) is 6.49. The number of nitrogens with one attached hydrogen (secondary N) is 1. The van der Waals surface area contributed by atoms with E-state index in [1.165, 1.54) is 30.9 Å². The van der Waals surface area contributed by atoms with Crippen molar-refractivity contribution in [3.05, 3.63) is 74.8 Å². The molecule has 1 N–H and O–H groups in total. The van der Waals surface area contributed by atoms with E-state index in [2.05, 4.69) is 10.3 Å². The molecule has 28 heavy (non-hydrogen) atoms. The molecule has 3 aromatic heterocycles. The standard InChI is InChI=1S/C20H18N4O4/c1-11(16-9-12-6-4-5-7-15(12)28-16)22-18(25)13-8-14-17(21-10-13)23(2)20(27)24(3)19(14)26/h4-11H,1-3H3,(H,22,25)/t11-/m0/s1. The maximum atomic E-state index is 12.7. The van der Waals surface area contributed by atoms with Gasteiger partial charge in [0.15, 0.2) is 0 Å². The van der Waals surface area contributed by atoms with Crippen molar-refractivity contribution >= 4 is 27.9 Å². The number of aromatic nitrogens is 3. The summed E-state index contributed by atoms with van der Waals surface area (Å²) in [6.45, 7) is 1.81. The van der Waals surface area contributed by atoms with Gasteiger partial charge in [0.1, 0.15) is 17.0 Å². The zero-order valence-electron chi connectivity index (χ0n) is 15.6. The molecular weight excluding hydrogens is 360 g/mol. The summed E-state index contributed by atoms with van der Waals surface area (Å²) in [7, 11) is 2.92. The molecule has 0 aliphatic rings. The summed E-state index contributed by atoms with van der Waals surface area (Å²) in [6.07, 6.45) is 1.35. The van der Waals surface area contributed by atoms with Gasteiger partial charge in [-0.05, 0) is 25.1 Å². The summed E-state index contributed by atoms with van der Waals surface area (Å²) in [5.41, 5.74) is 0.239. The predicted molar refractivity (Wildman–Crippen MR) is 104 cm³/mol. The highest BCUT2D eigenvalue weighted by atomic mass is 16.3. The van der Waals surface area contributed by atoms with E-state index in [-0.39, 0.29) is 22.6 Å². The van der Waals surface area contributed by atoms with Crippen molar-refractivity contribution < 1.29 is 9.21 Å². The molecule has 8 heteroatoms. The van der Waals surface area contributed by atoms with Gasteiger partial charge in [0.2, 0.25) is 0 Å². The summed E-state index contributed by atoms with van der Waals surface area (Å²) in [6, 6.07) is 10.5. The van der Waals surface area contributed by atoms with Crippen molar-refractivity contribution in [2.24, 2.45) is 14.1 Å². The predicted octanol–water partition coefficient (Wildman–Crippen LogP) is 1.87. The van der Waals surface area contributed by atoms with Crippen LogP contribution < -0.4 is 16.6 Å². The molecular formula is C20H18N4O4. The fraction of sp³-hybridized carbons (Fsp3) is 0.200. The molecule has 142 valence electrons. The molecule has 1 aromatic carbocycles. The van der Waals surface area contributed by atoms with Gasteiger partial charge in [0.25, 0.3) is 11.5 Å². The van der Waals surface area contributed by atoms with E-state index in [0.717, 1.165) is 15.5 Å². The average molecular weight is 378 g/mol. The Morgan fingerprint density at radius 2 is 1.89 bits per heavy atom. The van der Waals surface area contributed by atoms with Gasteiger partial charge in [-0.2, -0.15) is 0 Å². The molecule has 0 aliphatic carbocycles.